The molecule has 0 aromatic heterocycles. The first-order chi connectivity index (χ1) is 12.1. The molecule has 1 aliphatic heterocycles. The second-order valence-corrected chi connectivity index (χ2v) is 6.43. The Morgan fingerprint density at radius 1 is 1.28 bits per heavy atom. The molecule has 0 spiro atoms. The quantitative estimate of drug-likeness (QED) is 0.929. The molecular formula is C20H22FNO3. The summed E-state index contributed by atoms with van der Waals surface area (Å²) in [7, 11) is 1.57. The standard InChI is InChI=1S/C20H22FNO3/c1-25-18-7-3-5-15(12-18)20(24)22-9-8-19(23)16(13-22)10-14-4-2-6-17(21)11-14/h2-7,11-12,16,19,23H,8-10,13H2,1H3/t16-,19+/m1/s1. The molecule has 132 valence electrons. The Bertz CT molecular complexity index is 749. The van der Waals surface area contributed by atoms with Crippen LogP contribution in [0.3, 0.4) is 0 Å². The molecule has 0 unspecified atom stereocenters. The molecule has 5 heteroatoms. The third kappa shape index (κ3) is 4.17. The lowest BCUT2D eigenvalue weighted by Gasteiger charge is -2.36. The van der Waals surface area contributed by atoms with Crippen LogP contribution >= 0.6 is 0 Å². The molecular weight excluding hydrogens is 321 g/mol. The van der Waals surface area contributed by atoms with Crippen molar-refractivity contribution in [3.63, 3.8) is 0 Å². The smallest absolute Gasteiger partial charge is 0.254 e. The van der Waals surface area contributed by atoms with Gasteiger partial charge in [0.05, 0.1) is 13.2 Å². The Hall–Kier alpha value is -2.40. The van der Waals surface area contributed by atoms with Gasteiger partial charge in [0.1, 0.15) is 11.6 Å². The predicted molar refractivity (Wildman–Crippen MR) is 93.1 cm³/mol. The highest BCUT2D eigenvalue weighted by atomic mass is 19.1. The van der Waals surface area contributed by atoms with Crippen molar-refractivity contribution in [3.8, 4) is 5.75 Å². The van der Waals surface area contributed by atoms with E-state index in [1.165, 1.54) is 12.1 Å². The summed E-state index contributed by atoms with van der Waals surface area (Å²) in [5.41, 5.74) is 1.40. The van der Waals surface area contributed by atoms with Crippen LogP contribution in [0, 0.1) is 11.7 Å². The van der Waals surface area contributed by atoms with Gasteiger partial charge in [-0.1, -0.05) is 18.2 Å². The monoisotopic (exact) mass is 343 g/mol. The van der Waals surface area contributed by atoms with Gasteiger partial charge in [-0.25, -0.2) is 4.39 Å². The topological polar surface area (TPSA) is 49.8 Å². The van der Waals surface area contributed by atoms with Crippen LogP contribution in [0.15, 0.2) is 48.5 Å². The van der Waals surface area contributed by atoms with Crippen molar-refractivity contribution in [3.05, 3.63) is 65.5 Å². The van der Waals surface area contributed by atoms with E-state index in [0.717, 1.165) is 5.56 Å². The summed E-state index contributed by atoms with van der Waals surface area (Å²) in [5, 5.41) is 10.3. The molecule has 0 saturated carbocycles. The van der Waals surface area contributed by atoms with E-state index in [9.17, 15) is 14.3 Å². The summed E-state index contributed by atoms with van der Waals surface area (Å²) in [5.74, 6) is 0.173. The number of nitrogens with zero attached hydrogens (tertiary/aromatic N) is 1. The first-order valence-electron chi connectivity index (χ1n) is 8.42. The maximum atomic E-state index is 13.4. The molecule has 1 heterocycles. The van der Waals surface area contributed by atoms with Gasteiger partial charge < -0.3 is 14.7 Å². The minimum absolute atomic E-state index is 0.0740. The maximum absolute atomic E-state index is 13.4. The SMILES string of the molecule is COc1cccc(C(=O)N2CC[C@H](O)[C@H](Cc3cccc(F)c3)C2)c1. The van der Waals surface area contributed by atoms with E-state index in [4.69, 9.17) is 4.74 Å². The average molecular weight is 343 g/mol. The Kier molecular flexibility index (Phi) is 5.34. The van der Waals surface area contributed by atoms with Gasteiger partial charge in [0.2, 0.25) is 0 Å². The number of rotatable bonds is 4. The second kappa shape index (κ2) is 7.66. The van der Waals surface area contributed by atoms with Crippen LogP contribution in [0.5, 0.6) is 5.75 Å². The summed E-state index contributed by atoms with van der Waals surface area (Å²) in [6.45, 7) is 0.963. The number of hydrogen-bond acceptors (Lipinski definition) is 3. The van der Waals surface area contributed by atoms with E-state index in [1.54, 1.807) is 42.3 Å². The van der Waals surface area contributed by atoms with Gasteiger partial charge in [-0.3, -0.25) is 4.79 Å². The number of piperidine rings is 1. The number of halogens is 1. The van der Waals surface area contributed by atoms with Gasteiger partial charge in [-0.2, -0.15) is 0 Å². The minimum Gasteiger partial charge on any atom is -0.497 e. The van der Waals surface area contributed by atoms with Gasteiger partial charge in [0.15, 0.2) is 0 Å². The summed E-state index contributed by atoms with van der Waals surface area (Å²) in [6, 6.07) is 13.5. The van der Waals surface area contributed by atoms with E-state index in [1.807, 2.05) is 6.07 Å². The van der Waals surface area contributed by atoms with E-state index < -0.39 is 6.10 Å². The van der Waals surface area contributed by atoms with Crippen molar-refractivity contribution in [2.45, 2.75) is 18.9 Å². The van der Waals surface area contributed by atoms with Crippen LogP contribution in [0.25, 0.3) is 0 Å². The Morgan fingerprint density at radius 3 is 2.84 bits per heavy atom. The molecule has 1 amide bonds. The van der Waals surface area contributed by atoms with Crippen LogP contribution in [-0.2, 0) is 6.42 Å². The van der Waals surface area contributed by atoms with Crippen molar-refractivity contribution >= 4 is 5.91 Å². The van der Waals surface area contributed by atoms with E-state index in [2.05, 4.69) is 0 Å². The number of aliphatic hydroxyl groups is 1. The summed E-state index contributed by atoms with van der Waals surface area (Å²) < 4.78 is 18.6. The van der Waals surface area contributed by atoms with Crippen LogP contribution in [0.2, 0.25) is 0 Å². The third-order valence-electron chi connectivity index (χ3n) is 4.68. The molecule has 2 atom stereocenters. The largest absolute Gasteiger partial charge is 0.497 e. The third-order valence-corrected chi connectivity index (χ3v) is 4.68. The van der Waals surface area contributed by atoms with Crippen molar-refractivity contribution in [2.75, 3.05) is 20.2 Å². The molecule has 2 aromatic rings. The van der Waals surface area contributed by atoms with Crippen molar-refractivity contribution in [1.82, 2.24) is 4.90 Å². The zero-order valence-corrected chi connectivity index (χ0v) is 14.2. The lowest BCUT2D eigenvalue weighted by Crippen LogP contribution is -2.46. The van der Waals surface area contributed by atoms with Crippen LogP contribution in [-0.4, -0.2) is 42.2 Å². The number of carbonyl (C=O) groups is 1. The van der Waals surface area contributed by atoms with Gasteiger partial charge in [-0.05, 0) is 48.7 Å². The Morgan fingerprint density at radius 2 is 2.08 bits per heavy atom. The van der Waals surface area contributed by atoms with Gasteiger partial charge in [-0.15, -0.1) is 0 Å². The molecule has 25 heavy (non-hydrogen) atoms. The summed E-state index contributed by atoms with van der Waals surface area (Å²) in [4.78, 5) is 14.5. The van der Waals surface area contributed by atoms with E-state index in [0.29, 0.717) is 37.2 Å². The molecule has 0 radical (unpaired) electrons. The number of aliphatic hydroxyl groups excluding tert-OH is 1. The molecule has 1 aliphatic rings. The minimum atomic E-state index is -0.488. The molecule has 0 aliphatic carbocycles. The summed E-state index contributed by atoms with van der Waals surface area (Å²) in [6.07, 6.45) is 0.578. The highest BCUT2D eigenvalue weighted by molar-refractivity contribution is 5.94. The lowest BCUT2D eigenvalue weighted by atomic mass is 9.88. The molecule has 1 saturated heterocycles. The second-order valence-electron chi connectivity index (χ2n) is 6.43. The fourth-order valence-corrected chi connectivity index (χ4v) is 3.31. The first-order valence-corrected chi connectivity index (χ1v) is 8.42. The van der Waals surface area contributed by atoms with E-state index in [-0.39, 0.29) is 17.6 Å². The number of carbonyl (C=O) groups excluding carboxylic acids is 1. The van der Waals surface area contributed by atoms with Gasteiger partial charge >= 0.3 is 0 Å². The van der Waals surface area contributed by atoms with Crippen molar-refractivity contribution in [2.24, 2.45) is 5.92 Å². The molecule has 1 N–H and O–H groups in total. The first kappa shape index (κ1) is 17.4. The van der Waals surface area contributed by atoms with Crippen molar-refractivity contribution < 1.29 is 19.0 Å². The maximum Gasteiger partial charge on any atom is 0.254 e. The normalized spacial score (nSPS) is 20.4. The lowest BCUT2D eigenvalue weighted by molar-refractivity contribution is 0.0241. The zero-order valence-electron chi connectivity index (χ0n) is 14.2. The van der Waals surface area contributed by atoms with Gasteiger partial charge in [0.25, 0.3) is 5.91 Å². The number of benzene rings is 2. The number of likely N-dealkylation sites (tertiary alicyclic amines) is 1. The average Bonchev–Trinajstić information content (AvgIpc) is 2.63. The van der Waals surface area contributed by atoms with Crippen LogP contribution < -0.4 is 4.74 Å². The number of amides is 1. The van der Waals surface area contributed by atoms with E-state index >= 15 is 0 Å². The molecule has 2 aromatic carbocycles. The Labute approximate surface area is 146 Å². The van der Waals surface area contributed by atoms with Crippen molar-refractivity contribution in [1.29, 1.82) is 0 Å². The van der Waals surface area contributed by atoms with Gasteiger partial charge in [0, 0.05) is 24.6 Å². The molecule has 0 bridgehead atoms. The number of hydrogen-bond donors (Lipinski definition) is 1. The highest BCUT2D eigenvalue weighted by Crippen LogP contribution is 2.24. The number of ether oxygens (including phenoxy) is 1. The molecule has 4 nitrogen and oxygen atoms in total. The molecule has 1 fully saturated rings. The number of methoxy groups -OCH3 is 1. The van der Waals surface area contributed by atoms with Crippen LogP contribution in [0.1, 0.15) is 22.3 Å². The zero-order chi connectivity index (χ0) is 17.8. The fraction of sp³-hybridized carbons (Fsp3) is 0.350. The predicted octanol–water partition coefficient (Wildman–Crippen LogP) is 2.90. The highest BCUT2D eigenvalue weighted by Gasteiger charge is 2.30. The Balaban J connectivity index is 1.72. The van der Waals surface area contributed by atoms with Crippen LogP contribution in [0.4, 0.5) is 4.39 Å². The molecule has 3 rings (SSSR count). The fourth-order valence-electron chi connectivity index (χ4n) is 3.31. The summed E-state index contributed by atoms with van der Waals surface area (Å²) >= 11 is 0.